The maximum atomic E-state index is 14.3. The van der Waals surface area contributed by atoms with E-state index in [1.165, 1.54) is 78.1 Å². The fraction of sp³-hybridized carbons (Fsp3) is 0.926. The number of aliphatic hydroxyl groups is 1. The molecule has 1 unspecified atom stereocenters. The monoisotopic (exact) mass is 422 g/mol. The van der Waals surface area contributed by atoms with Gasteiger partial charge in [0.05, 0.1) is 0 Å². The zero-order chi connectivity index (χ0) is 21.9. The van der Waals surface area contributed by atoms with Crippen LogP contribution in [0.25, 0.3) is 0 Å². The largest absolute Gasteiger partial charge is 0.384 e. The molecule has 4 fully saturated rings. The number of hydrogen-bond donors (Lipinski definition) is 1. The van der Waals surface area contributed by atoms with E-state index in [2.05, 4.69) is 20.8 Å². The van der Waals surface area contributed by atoms with Crippen molar-refractivity contribution in [3.8, 4) is 0 Å². The van der Waals surface area contributed by atoms with Crippen LogP contribution in [0.1, 0.15) is 98.8 Å². The van der Waals surface area contributed by atoms with Crippen LogP contribution in [0.2, 0.25) is 0 Å². The Morgan fingerprint density at radius 2 is 1.60 bits per heavy atom. The third-order valence-corrected chi connectivity index (χ3v) is 10.7. The highest BCUT2D eigenvalue weighted by Gasteiger charge is 2.60. The molecule has 30 heavy (non-hydrogen) atoms. The summed E-state index contributed by atoms with van der Waals surface area (Å²) in [6.07, 6.45) is 16.3. The van der Waals surface area contributed by atoms with E-state index in [1.807, 2.05) is 0 Å². The molecule has 0 amide bonds. The van der Waals surface area contributed by atoms with Crippen LogP contribution in [-0.2, 0) is 0 Å². The molecule has 0 aliphatic heterocycles. The summed E-state index contributed by atoms with van der Waals surface area (Å²) in [5, 5.41) is 9.81. The molecule has 4 rings (SSSR count). The van der Waals surface area contributed by atoms with Gasteiger partial charge in [-0.2, -0.15) is 8.78 Å². The van der Waals surface area contributed by atoms with Crippen LogP contribution in [0.4, 0.5) is 8.78 Å². The van der Waals surface area contributed by atoms with E-state index in [0.717, 1.165) is 29.7 Å². The number of rotatable bonds is 4. The van der Waals surface area contributed by atoms with Gasteiger partial charge in [0.15, 0.2) is 0 Å². The highest BCUT2D eigenvalue weighted by atomic mass is 19.3. The highest BCUT2D eigenvalue weighted by molar-refractivity contribution is 5.12. The average molecular weight is 423 g/mol. The number of fused-ring (bicyclic) bond motifs is 5. The molecule has 0 bridgehead atoms. The van der Waals surface area contributed by atoms with Crippen LogP contribution in [-0.4, -0.2) is 16.6 Å². The minimum Gasteiger partial charge on any atom is -0.384 e. The Hall–Kier alpha value is -0.440. The molecule has 8 atom stereocenters. The normalized spacial score (nSPS) is 45.7. The lowest BCUT2D eigenvalue weighted by Crippen LogP contribution is -2.53. The second-order valence-corrected chi connectivity index (χ2v) is 12.5. The second-order valence-electron chi connectivity index (χ2n) is 12.5. The van der Waals surface area contributed by atoms with Crippen molar-refractivity contribution in [2.45, 2.75) is 110 Å². The van der Waals surface area contributed by atoms with Crippen LogP contribution in [0.3, 0.4) is 0 Å². The zero-order valence-electron chi connectivity index (χ0n) is 19.9. The van der Waals surface area contributed by atoms with Crippen molar-refractivity contribution in [2.75, 3.05) is 0 Å². The summed E-state index contributed by atoms with van der Waals surface area (Å²) in [6.45, 7) is 9.61. The first-order valence-electron chi connectivity index (χ1n) is 12.7. The molecule has 0 spiro atoms. The molecule has 3 heteroatoms. The lowest BCUT2D eigenvalue weighted by Gasteiger charge is -2.60. The Morgan fingerprint density at radius 1 is 0.900 bits per heavy atom. The molecule has 4 aliphatic rings. The summed E-state index contributed by atoms with van der Waals surface area (Å²) >= 11 is 0. The molecular formula is C27H44F2O. The molecule has 4 aliphatic carbocycles. The van der Waals surface area contributed by atoms with E-state index in [-0.39, 0.29) is 11.3 Å². The van der Waals surface area contributed by atoms with Gasteiger partial charge in [-0.1, -0.05) is 39.7 Å². The fourth-order valence-corrected chi connectivity index (χ4v) is 8.81. The number of alkyl halides is 2. The van der Waals surface area contributed by atoms with Crippen LogP contribution in [0, 0.1) is 46.3 Å². The molecule has 1 N–H and O–H groups in total. The third kappa shape index (κ3) is 3.50. The summed E-state index contributed by atoms with van der Waals surface area (Å²) in [6, 6.07) is 0. The first kappa shape index (κ1) is 22.7. The number of hydrogen-bond acceptors (Lipinski definition) is 1. The lowest BCUT2D eigenvalue weighted by atomic mass is 9.44. The smallest absolute Gasteiger partial charge is 0.293 e. The molecule has 172 valence electrons. The molecule has 0 radical (unpaired) electrons. The summed E-state index contributed by atoms with van der Waals surface area (Å²) in [5.74, 6) is 0.874. The van der Waals surface area contributed by atoms with Gasteiger partial charge < -0.3 is 5.11 Å². The number of halogens is 2. The number of allylic oxidation sites excluding steroid dienone is 1. The predicted octanol–water partition coefficient (Wildman–Crippen LogP) is 7.63. The molecule has 0 aromatic heterocycles. The minimum absolute atomic E-state index is 0.131. The SMILES string of the molecule is C[C@H](C=CC(F)(F)C(C)(C)O)[C@H]1CC[C@H]2[C@@H]3CCC4CCCC[C@]4(C)[C@H]3CC[C@]12C. The van der Waals surface area contributed by atoms with Crippen LogP contribution >= 0.6 is 0 Å². The highest BCUT2D eigenvalue weighted by Crippen LogP contribution is 2.68. The van der Waals surface area contributed by atoms with Crippen molar-refractivity contribution in [3.05, 3.63) is 12.2 Å². The second kappa shape index (κ2) is 7.56. The molecular weight excluding hydrogens is 378 g/mol. The van der Waals surface area contributed by atoms with Gasteiger partial charge in [0.25, 0.3) is 5.92 Å². The van der Waals surface area contributed by atoms with Crippen LogP contribution < -0.4 is 0 Å². The van der Waals surface area contributed by atoms with Gasteiger partial charge in [0, 0.05) is 0 Å². The van der Waals surface area contributed by atoms with Gasteiger partial charge in [0.1, 0.15) is 5.60 Å². The van der Waals surface area contributed by atoms with E-state index in [4.69, 9.17) is 0 Å². The van der Waals surface area contributed by atoms with E-state index in [0.29, 0.717) is 11.3 Å². The minimum atomic E-state index is -3.19. The first-order valence-corrected chi connectivity index (χ1v) is 12.7. The molecule has 0 saturated heterocycles. The van der Waals surface area contributed by atoms with E-state index < -0.39 is 11.5 Å². The fourth-order valence-electron chi connectivity index (χ4n) is 8.81. The van der Waals surface area contributed by atoms with Crippen molar-refractivity contribution < 1.29 is 13.9 Å². The summed E-state index contributed by atoms with van der Waals surface area (Å²) in [7, 11) is 0. The summed E-state index contributed by atoms with van der Waals surface area (Å²) in [5.41, 5.74) is -1.18. The summed E-state index contributed by atoms with van der Waals surface area (Å²) < 4.78 is 28.6. The first-order chi connectivity index (χ1) is 13.9. The van der Waals surface area contributed by atoms with Gasteiger partial charge in [-0.25, -0.2) is 0 Å². The van der Waals surface area contributed by atoms with Crippen molar-refractivity contribution in [3.63, 3.8) is 0 Å². The maximum absolute atomic E-state index is 14.3. The molecule has 0 aromatic carbocycles. The molecule has 4 saturated carbocycles. The zero-order valence-corrected chi connectivity index (χ0v) is 19.9. The van der Waals surface area contributed by atoms with Crippen molar-refractivity contribution >= 4 is 0 Å². The Kier molecular flexibility index (Phi) is 5.73. The Balaban J connectivity index is 1.51. The predicted molar refractivity (Wildman–Crippen MR) is 119 cm³/mol. The topological polar surface area (TPSA) is 20.2 Å². The Labute approximate surface area is 183 Å². The standard InChI is InChI=1S/C27H44F2O/c1-18(13-17-27(28,29)24(2,3)30)21-11-12-22-20-10-9-19-8-6-7-15-25(19,4)23(20)14-16-26(21,22)5/h13,17-23,30H,6-12,14-16H2,1-5H3/t18-,19?,20+,21-,22+,23+,25+,26-/m1/s1. The van der Waals surface area contributed by atoms with Gasteiger partial charge in [-0.05, 0) is 118 Å². The maximum Gasteiger partial charge on any atom is 0.293 e. The van der Waals surface area contributed by atoms with Crippen LogP contribution in [0.5, 0.6) is 0 Å². The van der Waals surface area contributed by atoms with E-state index in [9.17, 15) is 13.9 Å². The Bertz CT molecular complexity index is 664. The van der Waals surface area contributed by atoms with Crippen molar-refractivity contribution in [2.24, 2.45) is 46.3 Å². The Morgan fingerprint density at radius 3 is 2.30 bits per heavy atom. The summed E-state index contributed by atoms with van der Waals surface area (Å²) in [4.78, 5) is 0. The van der Waals surface area contributed by atoms with Gasteiger partial charge >= 0.3 is 0 Å². The van der Waals surface area contributed by atoms with Crippen LogP contribution in [0.15, 0.2) is 12.2 Å². The third-order valence-electron chi connectivity index (χ3n) is 10.7. The van der Waals surface area contributed by atoms with Crippen molar-refractivity contribution in [1.29, 1.82) is 0 Å². The molecule has 0 aromatic rings. The average Bonchev–Trinajstić information content (AvgIpc) is 3.02. The van der Waals surface area contributed by atoms with Gasteiger partial charge in [0.2, 0.25) is 0 Å². The van der Waals surface area contributed by atoms with E-state index >= 15 is 0 Å². The quantitative estimate of drug-likeness (QED) is 0.462. The van der Waals surface area contributed by atoms with Crippen molar-refractivity contribution in [1.82, 2.24) is 0 Å². The van der Waals surface area contributed by atoms with Gasteiger partial charge in [-0.3, -0.25) is 0 Å². The lowest BCUT2D eigenvalue weighted by molar-refractivity contribution is -0.128. The molecule has 1 nitrogen and oxygen atoms in total. The van der Waals surface area contributed by atoms with E-state index in [1.54, 1.807) is 6.08 Å². The van der Waals surface area contributed by atoms with Gasteiger partial charge in [-0.15, -0.1) is 0 Å². The molecule has 0 heterocycles.